The van der Waals surface area contributed by atoms with E-state index in [0.29, 0.717) is 18.3 Å². The van der Waals surface area contributed by atoms with E-state index in [0.717, 1.165) is 42.9 Å². The number of nitrogens with two attached hydrogens (primary N) is 1. The number of hydrazine groups is 1. The minimum atomic E-state index is -0.104. The largest absolute Gasteiger partial charge is 0.396 e. The number of nitrogens with one attached hydrogen (secondary N) is 2. The topological polar surface area (TPSA) is 96.1 Å². The molecule has 1 aliphatic rings. The monoisotopic (exact) mass is 293 g/mol. The molecule has 5 N–H and O–H groups in total. The highest BCUT2D eigenvalue weighted by Crippen LogP contribution is 2.39. The van der Waals surface area contributed by atoms with Gasteiger partial charge in [0.15, 0.2) is 0 Å². The van der Waals surface area contributed by atoms with E-state index in [1.54, 1.807) is 0 Å². The van der Waals surface area contributed by atoms with E-state index in [9.17, 15) is 5.11 Å². The lowest BCUT2D eigenvalue weighted by Gasteiger charge is -2.30. The van der Waals surface area contributed by atoms with Crippen LogP contribution in [0.3, 0.4) is 0 Å². The fourth-order valence-corrected chi connectivity index (χ4v) is 2.42. The van der Waals surface area contributed by atoms with Crippen molar-refractivity contribution in [3.8, 4) is 0 Å². The standard InChI is InChI=1S/C15H27N5O/c1-4-15(5-2,9-21)8-17-12-10(3)13(20-16)19-14(18-12)11-6-7-11/h11,21H,4-9,16H2,1-3H3,(H2,17,18,19,20). The number of hydrogen-bond acceptors (Lipinski definition) is 6. The summed E-state index contributed by atoms with van der Waals surface area (Å²) in [6.45, 7) is 7.04. The Bertz CT molecular complexity index is 475. The highest BCUT2D eigenvalue weighted by Gasteiger charge is 2.29. The summed E-state index contributed by atoms with van der Waals surface area (Å²) in [4.78, 5) is 9.13. The quantitative estimate of drug-likeness (QED) is 0.433. The van der Waals surface area contributed by atoms with E-state index in [1.165, 1.54) is 0 Å². The van der Waals surface area contributed by atoms with Crippen molar-refractivity contribution in [2.24, 2.45) is 11.3 Å². The molecule has 1 saturated carbocycles. The second kappa shape index (κ2) is 6.58. The summed E-state index contributed by atoms with van der Waals surface area (Å²) < 4.78 is 0. The molecule has 6 heteroatoms. The van der Waals surface area contributed by atoms with Crippen LogP contribution in [-0.4, -0.2) is 28.2 Å². The van der Waals surface area contributed by atoms with E-state index < -0.39 is 0 Å². The molecule has 0 atom stereocenters. The Kier molecular flexibility index (Phi) is 5.00. The van der Waals surface area contributed by atoms with E-state index in [-0.39, 0.29) is 12.0 Å². The molecular weight excluding hydrogens is 266 g/mol. The van der Waals surface area contributed by atoms with Crippen molar-refractivity contribution >= 4 is 11.6 Å². The van der Waals surface area contributed by atoms with Gasteiger partial charge in [0.25, 0.3) is 0 Å². The highest BCUT2D eigenvalue weighted by atomic mass is 16.3. The lowest BCUT2D eigenvalue weighted by atomic mass is 9.83. The molecule has 1 heterocycles. The maximum absolute atomic E-state index is 9.67. The fourth-order valence-electron chi connectivity index (χ4n) is 2.42. The Balaban J connectivity index is 2.20. The van der Waals surface area contributed by atoms with Gasteiger partial charge in [-0.15, -0.1) is 0 Å². The maximum Gasteiger partial charge on any atom is 0.148 e. The minimum absolute atomic E-state index is 0.104. The normalized spacial score (nSPS) is 15.1. The molecule has 1 aromatic rings. The maximum atomic E-state index is 9.67. The fraction of sp³-hybridized carbons (Fsp3) is 0.733. The van der Waals surface area contributed by atoms with Crippen molar-refractivity contribution in [3.05, 3.63) is 11.4 Å². The van der Waals surface area contributed by atoms with Gasteiger partial charge in [-0.2, -0.15) is 0 Å². The zero-order valence-corrected chi connectivity index (χ0v) is 13.2. The van der Waals surface area contributed by atoms with Crippen LogP contribution in [0, 0.1) is 12.3 Å². The Hall–Kier alpha value is -1.40. The first-order valence-corrected chi connectivity index (χ1v) is 7.79. The first kappa shape index (κ1) is 16.0. The average Bonchev–Trinajstić information content (AvgIpc) is 3.35. The summed E-state index contributed by atoms with van der Waals surface area (Å²) in [7, 11) is 0. The molecular formula is C15H27N5O. The van der Waals surface area contributed by atoms with E-state index in [1.807, 2.05) is 6.92 Å². The summed E-state index contributed by atoms with van der Waals surface area (Å²) in [6, 6.07) is 0. The third kappa shape index (κ3) is 3.44. The summed E-state index contributed by atoms with van der Waals surface area (Å²) in [6.07, 6.45) is 4.15. The van der Waals surface area contributed by atoms with Crippen molar-refractivity contribution in [3.63, 3.8) is 0 Å². The van der Waals surface area contributed by atoms with Gasteiger partial charge in [-0.05, 0) is 32.6 Å². The molecule has 21 heavy (non-hydrogen) atoms. The van der Waals surface area contributed by atoms with Crippen molar-refractivity contribution in [1.82, 2.24) is 9.97 Å². The summed E-state index contributed by atoms with van der Waals surface area (Å²) >= 11 is 0. The minimum Gasteiger partial charge on any atom is -0.396 e. The number of nitrogens with zero attached hydrogens (tertiary/aromatic N) is 2. The molecule has 118 valence electrons. The number of hydrogen-bond donors (Lipinski definition) is 4. The lowest BCUT2D eigenvalue weighted by Crippen LogP contribution is -2.33. The summed E-state index contributed by atoms with van der Waals surface area (Å²) in [5, 5.41) is 13.1. The molecule has 1 aromatic heterocycles. The molecule has 0 unspecified atom stereocenters. The zero-order chi connectivity index (χ0) is 15.5. The summed E-state index contributed by atoms with van der Waals surface area (Å²) in [5.41, 5.74) is 3.47. The van der Waals surface area contributed by atoms with Gasteiger partial charge in [-0.1, -0.05) is 13.8 Å². The van der Waals surface area contributed by atoms with E-state index >= 15 is 0 Å². The zero-order valence-electron chi connectivity index (χ0n) is 13.2. The molecule has 0 amide bonds. The van der Waals surface area contributed by atoms with E-state index in [2.05, 4.69) is 34.6 Å². The van der Waals surface area contributed by atoms with Gasteiger partial charge in [0.2, 0.25) is 0 Å². The first-order valence-electron chi connectivity index (χ1n) is 7.79. The van der Waals surface area contributed by atoms with Crippen LogP contribution in [0.2, 0.25) is 0 Å². The Labute approximate surface area is 126 Å². The number of aromatic nitrogens is 2. The molecule has 0 aliphatic heterocycles. The Morgan fingerprint density at radius 2 is 1.86 bits per heavy atom. The first-order chi connectivity index (χ1) is 10.1. The number of aliphatic hydroxyl groups is 1. The van der Waals surface area contributed by atoms with Crippen LogP contribution in [-0.2, 0) is 0 Å². The van der Waals surface area contributed by atoms with Gasteiger partial charge in [0.05, 0.1) is 6.61 Å². The predicted molar refractivity (Wildman–Crippen MR) is 85.1 cm³/mol. The van der Waals surface area contributed by atoms with Gasteiger partial charge in [-0.3, -0.25) is 0 Å². The number of aliphatic hydroxyl groups excluding tert-OH is 1. The molecule has 0 aromatic carbocycles. The third-order valence-corrected chi connectivity index (χ3v) is 4.71. The Morgan fingerprint density at radius 1 is 1.24 bits per heavy atom. The van der Waals surface area contributed by atoms with Gasteiger partial charge in [0.1, 0.15) is 17.5 Å². The molecule has 6 nitrogen and oxygen atoms in total. The Morgan fingerprint density at radius 3 is 2.33 bits per heavy atom. The molecule has 2 rings (SSSR count). The van der Waals surface area contributed by atoms with Crippen molar-refractivity contribution in [2.75, 3.05) is 23.9 Å². The van der Waals surface area contributed by atoms with Crippen LogP contribution in [0.5, 0.6) is 0 Å². The lowest BCUT2D eigenvalue weighted by molar-refractivity contribution is 0.127. The van der Waals surface area contributed by atoms with Crippen LogP contribution in [0.1, 0.15) is 56.8 Å². The van der Waals surface area contributed by atoms with Crippen LogP contribution >= 0.6 is 0 Å². The van der Waals surface area contributed by atoms with E-state index in [4.69, 9.17) is 5.84 Å². The third-order valence-electron chi connectivity index (χ3n) is 4.71. The second-order valence-corrected chi connectivity index (χ2v) is 6.04. The molecule has 0 radical (unpaired) electrons. The number of anilines is 2. The van der Waals surface area contributed by atoms with Crippen LogP contribution in [0.25, 0.3) is 0 Å². The van der Waals surface area contributed by atoms with Crippen LogP contribution in [0.15, 0.2) is 0 Å². The van der Waals surface area contributed by atoms with Crippen molar-refractivity contribution in [2.45, 2.75) is 52.4 Å². The van der Waals surface area contributed by atoms with Gasteiger partial charge >= 0.3 is 0 Å². The van der Waals surface area contributed by atoms with Crippen molar-refractivity contribution in [1.29, 1.82) is 0 Å². The van der Waals surface area contributed by atoms with Crippen molar-refractivity contribution < 1.29 is 5.11 Å². The number of nitrogen functional groups attached to an aromatic ring is 1. The summed E-state index contributed by atoms with van der Waals surface area (Å²) in [5.74, 6) is 8.39. The number of rotatable bonds is 8. The molecule has 1 aliphatic carbocycles. The van der Waals surface area contributed by atoms with Gasteiger partial charge in [0, 0.05) is 23.4 Å². The molecule has 0 saturated heterocycles. The molecule has 0 bridgehead atoms. The van der Waals surface area contributed by atoms with Gasteiger partial charge in [-0.25, -0.2) is 15.8 Å². The second-order valence-electron chi connectivity index (χ2n) is 6.04. The highest BCUT2D eigenvalue weighted by molar-refractivity contribution is 5.57. The molecule has 0 spiro atoms. The SMILES string of the molecule is CCC(CC)(CO)CNc1nc(C2CC2)nc(NN)c1C. The predicted octanol–water partition coefficient (Wildman–Crippen LogP) is 2.16. The van der Waals surface area contributed by atoms with Gasteiger partial charge < -0.3 is 15.8 Å². The van der Waals surface area contributed by atoms with Crippen LogP contribution < -0.4 is 16.6 Å². The average molecular weight is 293 g/mol. The van der Waals surface area contributed by atoms with Crippen LogP contribution in [0.4, 0.5) is 11.6 Å². The molecule has 1 fully saturated rings. The smallest absolute Gasteiger partial charge is 0.148 e.